The lowest BCUT2D eigenvalue weighted by Crippen LogP contribution is -2.34. The molecule has 0 fully saturated rings. The second-order valence-electron chi connectivity index (χ2n) is 7.15. The van der Waals surface area contributed by atoms with Crippen LogP contribution in [0.25, 0.3) is 16.9 Å². The molecule has 3 aromatic heterocycles. The van der Waals surface area contributed by atoms with Crippen molar-refractivity contribution >= 4 is 5.95 Å². The summed E-state index contributed by atoms with van der Waals surface area (Å²) in [6, 6.07) is 17.4. The molecule has 4 aromatic rings. The van der Waals surface area contributed by atoms with Gasteiger partial charge in [-0.15, -0.1) is 0 Å². The number of benzene rings is 1. The van der Waals surface area contributed by atoms with Gasteiger partial charge in [0.25, 0.3) is 5.56 Å². The van der Waals surface area contributed by atoms with Gasteiger partial charge in [-0.3, -0.25) is 14.3 Å². The summed E-state index contributed by atoms with van der Waals surface area (Å²) >= 11 is 0. The summed E-state index contributed by atoms with van der Waals surface area (Å²) < 4.78 is 3.31. The SMILES string of the molecule is Cn1c(NCC(N)Cc2ccccc2)nc(-c2ccncc2)c(-n2cccc2)c1=O. The predicted molar refractivity (Wildman–Crippen MR) is 119 cm³/mol. The third-order valence-electron chi connectivity index (χ3n) is 4.95. The van der Waals surface area contributed by atoms with Crippen LogP contribution in [-0.4, -0.2) is 31.7 Å². The Hall–Kier alpha value is -3.71. The van der Waals surface area contributed by atoms with Crippen molar-refractivity contribution in [3.8, 4) is 16.9 Å². The molecule has 0 aliphatic heterocycles. The smallest absolute Gasteiger partial charge is 0.279 e. The third kappa shape index (κ3) is 4.16. The topological polar surface area (TPSA) is 90.8 Å². The highest BCUT2D eigenvalue weighted by Gasteiger charge is 2.18. The Bertz CT molecular complexity index is 1150. The van der Waals surface area contributed by atoms with Gasteiger partial charge in [-0.2, -0.15) is 0 Å². The van der Waals surface area contributed by atoms with Gasteiger partial charge in [-0.25, -0.2) is 4.98 Å². The summed E-state index contributed by atoms with van der Waals surface area (Å²) in [6.45, 7) is 0.494. The fourth-order valence-corrected chi connectivity index (χ4v) is 3.39. The zero-order valence-corrected chi connectivity index (χ0v) is 16.8. The van der Waals surface area contributed by atoms with Crippen molar-refractivity contribution in [1.82, 2.24) is 19.1 Å². The number of rotatable bonds is 7. The van der Waals surface area contributed by atoms with Crippen LogP contribution in [0.3, 0.4) is 0 Å². The molecule has 0 aliphatic rings. The minimum absolute atomic E-state index is 0.113. The quantitative estimate of drug-likeness (QED) is 0.498. The first-order valence-corrected chi connectivity index (χ1v) is 9.81. The highest BCUT2D eigenvalue weighted by Crippen LogP contribution is 2.23. The Labute approximate surface area is 174 Å². The molecule has 3 heterocycles. The highest BCUT2D eigenvalue weighted by molar-refractivity contribution is 5.69. The largest absolute Gasteiger partial charge is 0.354 e. The van der Waals surface area contributed by atoms with E-state index in [9.17, 15) is 4.79 Å². The fourth-order valence-electron chi connectivity index (χ4n) is 3.39. The van der Waals surface area contributed by atoms with Crippen LogP contribution in [0, 0.1) is 0 Å². The van der Waals surface area contributed by atoms with E-state index in [1.807, 2.05) is 54.9 Å². The van der Waals surface area contributed by atoms with Gasteiger partial charge in [-0.05, 0) is 36.2 Å². The maximum atomic E-state index is 13.2. The molecule has 0 bridgehead atoms. The lowest BCUT2D eigenvalue weighted by molar-refractivity contribution is 0.687. The summed E-state index contributed by atoms with van der Waals surface area (Å²) in [5.74, 6) is 0.478. The molecular weight excluding hydrogens is 376 g/mol. The number of hydrogen-bond acceptors (Lipinski definition) is 5. The van der Waals surface area contributed by atoms with Crippen molar-refractivity contribution in [1.29, 1.82) is 0 Å². The van der Waals surface area contributed by atoms with Crippen LogP contribution in [0.15, 0.2) is 84.2 Å². The van der Waals surface area contributed by atoms with E-state index in [-0.39, 0.29) is 11.6 Å². The molecule has 1 aromatic carbocycles. The average Bonchev–Trinajstić information content (AvgIpc) is 3.30. The number of nitrogens with zero attached hydrogens (tertiary/aromatic N) is 4. The van der Waals surface area contributed by atoms with E-state index >= 15 is 0 Å². The van der Waals surface area contributed by atoms with E-state index in [1.54, 1.807) is 24.0 Å². The van der Waals surface area contributed by atoms with E-state index in [0.29, 0.717) is 23.9 Å². The van der Waals surface area contributed by atoms with Gasteiger partial charge >= 0.3 is 0 Å². The molecular formula is C23H24N6O. The molecule has 152 valence electrons. The lowest BCUT2D eigenvalue weighted by Gasteiger charge is -2.18. The molecule has 0 aliphatic carbocycles. The van der Waals surface area contributed by atoms with Crippen LogP contribution >= 0.6 is 0 Å². The van der Waals surface area contributed by atoms with Gasteiger partial charge in [0.15, 0.2) is 0 Å². The molecule has 7 heteroatoms. The van der Waals surface area contributed by atoms with Crippen LogP contribution in [0.4, 0.5) is 5.95 Å². The monoisotopic (exact) mass is 400 g/mol. The van der Waals surface area contributed by atoms with Crippen LogP contribution in [0.1, 0.15) is 5.56 Å². The number of nitrogens with two attached hydrogens (primary N) is 1. The molecule has 30 heavy (non-hydrogen) atoms. The summed E-state index contributed by atoms with van der Waals surface area (Å²) in [4.78, 5) is 22.1. The zero-order valence-electron chi connectivity index (χ0n) is 16.8. The van der Waals surface area contributed by atoms with E-state index in [0.717, 1.165) is 12.0 Å². The van der Waals surface area contributed by atoms with Crippen molar-refractivity contribution in [2.45, 2.75) is 12.5 Å². The minimum atomic E-state index is -0.146. The number of hydrogen-bond donors (Lipinski definition) is 2. The van der Waals surface area contributed by atoms with Crippen molar-refractivity contribution in [3.63, 3.8) is 0 Å². The Morgan fingerprint density at radius 2 is 1.73 bits per heavy atom. The average molecular weight is 400 g/mol. The molecule has 0 amide bonds. The molecule has 0 saturated carbocycles. The predicted octanol–water partition coefficient (Wildman–Crippen LogP) is 2.61. The molecule has 7 nitrogen and oxygen atoms in total. The van der Waals surface area contributed by atoms with Crippen molar-refractivity contribution < 1.29 is 0 Å². The van der Waals surface area contributed by atoms with Crippen molar-refractivity contribution in [2.24, 2.45) is 12.8 Å². The standard InChI is InChI=1S/C23H24N6O/c1-28-22(30)21(29-13-5-6-14-29)20(18-9-11-25-12-10-18)27-23(28)26-16-19(24)15-17-7-3-2-4-8-17/h2-14,19H,15-16,24H2,1H3,(H,26,27). The maximum absolute atomic E-state index is 13.2. The van der Waals surface area contributed by atoms with E-state index in [2.05, 4.69) is 22.4 Å². The minimum Gasteiger partial charge on any atom is -0.354 e. The summed E-state index contributed by atoms with van der Waals surface area (Å²) in [5.41, 5.74) is 9.25. The highest BCUT2D eigenvalue weighted by atomic mass is 16.1. The Morgan fingerprint density at radius 3 is 2.43 bits per heavy atom. The third-order valence-corrected chi connectivity index (χ3v) is 4.95. The van der Waals surface area contributed by atoms with Crippen molar-refractivity contribution in [2.75, 3.05) is 11.9 Å². The molecule has 4 rings (SSSR count). The normalized spacial score (nSPS) is 11.9. The summed E-state index contributed by atoms with van der Waals surface area (Å²) in [6.07, 6.45) is 7.80. The van der Waals surface area contributed by atoms with E-state index in [4.69, 9.17) is 10.7 Å². The molecule has 0 radical (unpaired) electrons. The molecule has 0 spiro atoms. The van der Waals surface area contributed by atoms with Crippen LogP contribution in [-0.2, 0) is 13.5 Å². The number of aromatic nitrogens is 4. The number of anilines is 1. The summed E-state index contributed by atoms with van der Waals surface area (Å²) in [7, 11) is 1.71. The zero-order chi connectivity index (χ0) is 20.9. The molecule has 1 unspecified atom stereocenters. The maximum Gasteiger partial charge on any atom is 0.279 e. The molecule has 3 N–H and O–H groups in total. The second-order valence-corrected chi connectivity index (χ2v) is 7.15. The van der Waals surface area contributed by atoms with Gasteiger partial charge in [0.1, 0.15) is 11.4 Å². The Balaban J connectivity index is 1.66. The van der Waals surface area contributed by atoms with Crippen LogP contribution in [0.2, 0.25) is 0 Å². The van der Waals surface area contributed by atoms with Crippen LogP contribution in [0.5, 0.6) is 0 Å². The van der Waals surface area contributed by atoms with Crippen molar-refractivity contribution in [3.05, 3.63) is 95.3 Å². The van der Waals surface area contributed by atoms with E-state index in [1.165, 1.54) is 10.1 Å². The Kier molecular flexibility index (Phi) is 5.72. The first-order valence-electron chi connectivity index (χ1n) is 9.81. The van der Waals surface area contributed by atoms with E-state index < -0.39 is 0 Å². The van der Waals surface area contributed by atoms with Gasteiger partial charge in [0, 0.05) is 50.0 Å². The molecule has 1 atom stereocenters. The number of pyridine rings is 1. The first-order chi connectivity index (χ1) is 14.6. The van der Waals surface area contributed by atoms with Gasteiger partial charge in [-0.1, -0.05) is 30.3 Å². The summed E-state index contributed by atoms with van der Waals surface area (Å²) in [5, 5.41) is 3.26. The van der Waals surface area contributed by atoms with Gasteiger partial charge in [0.2, 0.25) is 5.95 Å². The van der Waals surface area contributed by atoms with Crippen LogP contribution < -0.4 is 16.6 Å². The first kappa shape index (κ1) is 19.6. The lowest BCUT2D eigenvalue weighted by atomic mass is 10.1. The second kappa shape index (κ2) is 8.75. The van der Waals surface area contributed by atoms with Gasteiger partial charge < -0.3 is 15.6 Å². The number of nitrogens with one attached hydrogen (secondary N) is 1. The Morgan fingerprint density at radius 1 is 1.03 bits per heavy atom. The van der Waals surface area contributed by atoms with Gasteiger partial charge in [0.05, 0.1) is 0 Å². The fraction of sp³-hybridized carbons (Fsp3) is 0.174. The molecule has 0 saturated heterocycles.